The van der Waals surface area contributed by atoms with E-state index in [-0.39, 0.29) is 18.5 Å². The highest BCUT2D eigenvalue weighted by Gasteiger charge is 2.57. The fourth-order valence-corrected chi connectivity index (χ4v) is 5.45. The minimum absolute atomic E-state index is 0.116. The lowest BCUT2D eigenvalue weighted by Gasteiger charge is -2.42. The van der Waals surface area contributed by atoms with Gasteiger partial charge < -0.3 is 14.4 Å². The van der Waals surface area contributed by atoms with Gasteiger partial charge in [0.2, 0.25) is 0 Å². The quantitative estimate of drug-likeness (QED) is 0.450. The van der Waals surface area contributed by atoms with Gasteiger partial charge in [-0.2, -0.15) is 0 Å². The molecule has 0 N–H and O–H groups in total. The van der Waals surface area contributed by atoms with E-state index in [2.05, 4.69) is 22.0 Å². The van der Waals surface area contributed by atoms with E-state index < -0.39 is 5.54 Å². The van der Waals surface area contributed by atoms with Crippen LogP contribution in [0.25, 0.3) is 10.8 Å². The summed E-state index contributed by atoms with van der Waals surface area (Å²) in [7, 11) is 3.22. The van der Waals surface area contributed by atoms with Crippen molar-refractivity contribution in [1.29, 1.82) is 0 Å². The van der Waals surface area contributed by atoms with Crippen molar-refractivity contribution in [3.8, 4) is 5.75 Å². The Morgan fingerprint density at radius 1 is 0.972 bits per heavy atom. The number of nitrogens with zero attached hydrogens (tertiary/aromatic N) is 4. The number of methoxy groups -OCH3 is 2. The maximum atomic E-state index is 13.8. The number of benzene rings is 2. The van der Waals surface area contributed by atoms with Crippen LogP contribution in [0.4, 0.5) is 4.79 Å². The van der Waals surface area contributed by atoms with E-state index in [0.29, 0.717) is 51.4 Å². The van der Waals surface area contributed by atoms with Gasteiger partial charge in [0.25, 0.3) is 5.91 Å². The molecule has 2 aliphatic rings. The monoisotopic (exact) mass is 488 g/mol. The first-order chi connectivity index (χ1) is 17.6. The average molecular weight is 489 g/mol. The lowest BCUT2D eigenvalue weighted by molar-refractivity contribution is -0.136. The molecule has 0 aliphatic carbocycles. The van der Waals surface area contributed by atoms with Crippen LogP contribution in [-0.4, -0.2) is 77.6 Å². The van der Waals surface area contributed by atoms with E-state index in [9.17, 15) is 9.59 Å². The number of imide groups is 1. The number of likely N-dealkylation sites (tertiary alicyclic amines) is 1. The molecule has 0 atom stereocenters. The molecule has 3 heterocycles. The summed E-state index contributed by atoms with van der Waals surface area (Å²) in [5, 5.41) is 2.32. The molecule has 8 nitrogen and oxygen atoms in total. The predicted octanol–water partition coefficient (Wildman–Crippen LogP) is 3.69. The average Bonchev–Trinajstić information content (AvgIpc) is 3.10. The molecule has 2 fully saturated rings. The number of ether oxygens (including phenoxy) is 2. The first-order valence-corrected chi connectivity index (χ1v) is 12.4. The minimum atomic E-state index is -0.836. The summed E-state index contributed by atoms with van der Waals surface area (Å²) >= 11 is 0. The zero-order valence-electron chi connectivity index (χ0n) is 20.9. The van der Waals surface area contributed by atoms with Gasteiger partial charge in [-0.25, -0.2) is 4.79 Å². The Morgan fingerprint density at radius 2 is 1.78 bits per heavy atom. The molecule has 0 radical (unpaired) electrons. The molecule has 0 unspecified atom stereocenters. The Balaban J connectivity index is 1.34. The summed E-state index contributed by atoms with van der Waals surface area (Å²) in [5.41, 5.74) is 1.06. The molecule has 36 heavy (non-hydrogen) atoms. The topological polar surface area (TPSA) is 75.2 Å². The molecule has 188 valence electrons. The number of aromatic nitrogens is 1. The lowest BCUT2D eigenvalue weighted by atomic mass is 9.85. The smallest absolute Gasteiger partial charge is 0.328 e. The van der Waals surface area contributed by atoms with E-state index >= 15 is 0 Å². The number of hydrogen-bond donors (Lipinski definition) is 0. The minimum Gasteiger partial charge on any atom is -0.497 e. The molecule has 3 aromatic rings. The van der Waals surface area contributed by atoms with Gasteiger partial charge in [0.1, 0.15) is 11.3 Å². The van der Waals surface area contributed by atoms with Crippen molar-refractivity contribution in [1.82, 2.24) is 19.7 Å². The van der Waals surface area contributed by atoms with Crippen LogP contribution in [0.15, 0.2) is 60.8 Å². The summed E-state index contributed by atoms with van der Waals surface area (Å²) < 4.78 is 10.6. The fourth-order valence-electron chi connectivity index (χ4n) is 5.45. The first kappa shape index (κ1) is 24.2. The molecule has 0 bridgehead atoms. The highest BCUT2D eigenvalue weighted by Crippen LogP contribution is 2.38. The number of carbonyl (C=O) groups is 2. The van der Waals surface area contributed by atoms with Crippen molar-refractivity contribution >= 4 is 22.7 Å². The van der Waals surface area contributed by atoms with E-state index in [4.69, 9.17) is 9.47 Å². The van der Waals surface area contributed by atoms with Crippen LogP contribution in [0.1, 0.15) is 24.1 Å². The van der Waals surface area contributed by atoms with Gasteiger partial charge in [-0.05, 0) is 42.0 Å². The normalized spacial score (nSPS) is 17.9. The third-order valence-corrected chi connectivity index (χ3v) is 7.43. The molecule has 1 spiro atoms. The van der Waals surface area contributed by atoms with Gasteiger partial charge >= 0.3 is 6.03 Å². The Kier molecular flexibility index (Phi) is 6.89. The second-order valence-electron chi connectivity index (χ2n) is 9.46. The Morgan fingerprint density at radius 3 is 2.56 bits per heavy atom. The van der Waals surface area contributed by atoms with Crippen LogP contribution < -0.4 is 4.74 Å². The summed E-state index contributed by atoms with van der Waals surface area (Å²) in [6, 6.07) is 17.5. The van der Waals surface area contributed by atoms with Crippen molar-refractivity contribution in [2.75, 3.05) is 40.5 Å². The Labute approximate surface area is 211 Å². The van der Waals surface area contributed by atoms with Crippen LogP contribution in [0.2, 0.25) is 0 Å². The number of fused-ring (bicyclic) bond motifs is 1. The molecule has 2 aromatic carbocycles. The van der Waals surface area contributed by atoms with Crippen LogP contribution in [-0.2, 0) is 22.6 Å². The molecule has 8 heteroatoms. The number of piperidine rings is 1. The van der Waals surface area contributed by atoms with Crippen molar-refractivity contribution in [3.63, 3.8) is 0 Å². The summed E-state index contributed by atoms with van der Waals surface area (Å²) in [5.74, 6) is 0.585. The molecular formula is C28H32N4O4. The van der Waals surface area contributed by atoms with Gasteiger partial charge in [0, 0.05) is 44.9 Å². The zero-order chi connectivity index (χ0) is 25.1. The second-order valence-corrected chi connectivity index (χ2v) is 9.46. The molecule has 5 rings (SSSR count). The van der Waals surface area contributed by atoms with Crippen LogP contribution in [0, 0.1) is 0 Å². The van der Waals surface area contributed by atoms with Crippen LogP contribution >= 0.6 is 0 Å². The standard InChI is InChI=1S/C28H32N4O4/c1-35-17-16-32-27(34)31(19-21-6-5-8-23(18-21)36-2)26(33)28(32)11-14-30(15-12-28)20-25-24-9-4-3-7-22(24)10-13-29-25/h3-10,13,18H,11-12,14-17,19-20H2,1-2H3. The van der Waals surface area contributed by atoms with Gasteiger partial charge in [0.05, 0.1) is 26.0 Å². The number of pyridine rings is 1. The molecular weight excluding hydrogens is 456 g/mol. The summed E-state index contributed by atoms with van der Waals surface area (Å²) in [6.07, 6.45) is 3.02. The maximum absolute atomic E-state index is 13.8. The van der Waals surface area contributed by atoms with Crippen LogP contribution in [0.5, 0.6) is 5.75 Å². The lowest BCUT2D eigenvalue weighted by Crippen LogP contribution is -2.57. The second kappa shape index (κ2) is 10.2. The largest absolute Gasteiger partial charge is 0.497 e. The number of rotatable bonds is 8. The Hall–Kier alpha value is -3.49. The maximum Gasteiger partial charge on any atom is 0.328 e. The van der Waals surface area contributed by atoms with Gasteiger partial charge in [0.15, 0.2) is 0 Å². The summed E-state index contributed by atoms with van der Waals surface area (Å²) in [4.78, 5) is 37.4. The molecule has 2 saturated heterocycles. The van der Waals surface area contributed by atoms with Crippen molar-refractivity contribution in [2.45, 2.75) is 31.5 Å². The zero-order valence-corrected chi connectivity index (χ0v) is 20.9. The predicted molar refractivity (Wildman–Crippen MR) is 137 cm³/mol. The number of urea groups is 1. The molecule has 2 aliphatic heterocycles. The molecule has 3 amide bonds. The van der Waals surface area contributed by atoms with E-state index in [1.807, 2.05) is 48.7 Å². The first-order valence-electron chi connectivity index (χ1n) is 12.4. The van der Waals surface area contributed by atoms with E-state index in [0.717, 1.165) is 16.6 Å². The summed E-state index contributed by atoms with van der Waals surface area (Å²) in [6.45, 7) is 3.13. The van der Waals surface area contributed by atoms with Crippen LogP contribution in [0.3, 0.4) is 0 Å². The third-order valence-electron chi connectivity index (χ3n) is 7.43. The van der Waals surface area contributed by atoms with Crippen molar-refractivity contribution in [3.05, 3.63) is 72.1 Å². The van der Waals surface area contributed by atoms with Crippen molar-refractivity contribution in [2.24, 2.45) is 0 Å². The van der Waals surface area contributed by atoms with Gasteiger partial charge in [-0.15, -0.1) is 0 Å². The van der Waals surface area contributed by atoms with Gasteiger partial charge in [-0.3, -0.25) is 19.6 Å². The SMILES string of the molecule is COCCN1C(=O)N(Cc2cccc(OC)c2)C(=O)C12CCN(Cc1nccc3ccccc13)CC2. The number of amides is 3. The van der Waals surface area contributed by atoms with Crippen molar-refractivity contribution < 1.29 is 19.1 Å². The number of carbonyl (C=O) groups excluding carboxylic acids is 2. The molecule has 0 saturated carbocycles. The highest BCUT2D eigenvalue weighted by atomic mass is 16.5. The van der Waals surface area contributed by atoms with E-state index in [1.54, 1.807) is 19.1 Å². The Bertz CT molecular complexity index is 1250. The highest BCUT2D eigenvalue weighted by molar-refractivity contribution is 6.07. The number of hydrogen-bond acceptors (Lipinski definition) is 6. The third kappa shape index (κ3) is 4.42. The van der Waals surface area contributed by atoms with E-state index in [1.165, 1.54) is 10.3 Å². The molecule has 1 aromatic heterocycles. The van der Waals surface area contributed by atoms with Gasteiger partial charge in [-0.1, -0.05) is 36.4 Å². The fraction of sp³-hybridized carbons (Fsp3) is 0.393.